The summed E-state index contributed by atoms with van der Waals surface area (Å²) in [5, 5.41) is 0. The van der Waals surface area contributed by atoms with E-state index in [2.05, 4.69) is 24.5 Å². The van der Waals surface area contributed by atoms with Crippen molar-refractivity contribution in [2.45, 2.75) is 30.4 Å². The Bertz CT molecular complexity index is 426. The third-order valence-corrected chi connectivity index (χ3v) is 4.76. The molecule has 0 spiro atoms. The fourth-order valence-electron chi connectivity index (χ4n) is 0.899. The first kappa shape index (κ1) is 12.6. The van der Waals surface area contributed by atoms with Crippen LogP contribution in [0.15, 0.2) is 39.0 Å². The Labute approximate surface area is 96.8 Å². The molecular formula is C11H17NOS2. The van der Waals surface area contributed by atoms with Gasteiger partial charge in [0, 0.05) is 15.9 Å². The zero-order valence-corrected chi connectivity index (χ0v) is 11.2. The molecule has 1 aromatic rings. The Morgan fingerprint density at radius 1 is 1.20 bits per heavy atom. The third kappa shape index (κ3) is 4.26. The molecule has 0 bridgehead atoms. The van der Waals surface area contributed by atoms with Gasteiger partial charge >= 0.3 is 0 Å². The molecule has 0 N–H and O–H groups in total. The van der Waals surface area contributed by atoms with E-state index >= 15 is 0 Å². The first-order valence-corrected chi connectivity index (χ1v) is 7.46. The molecule has 0 saturated carbocycles. The first-order chi connectivity index (χ1) is 6.81. The number of hydrogen-bond donors (Lipinski definition) is 0. The number of rotatable bonds is 2. The summed E-state index contributed by atoms with van der Waals surface area (Å²) >= 11 is 1.38. The molecular weight excluding hydrogens is 226 g/mol. The molecule has 0 amide bonds. The normalized spacial score (nSPS) is 15.7. The summed E-state index contributed by atoms with van der Waals surface area (Å²) in [6.07, 6.45) is 1.68. The van der Waals surface area contributed by atoms with E-state index in [-0.39, 0.29) is 4.75 Å². The van der Waals surface area contributed by atoms with Crippen LogP contribution in [0.2, 0.25) is 0 Å². The molecule has 0 aromatic heterocycles. The van der Waals surface area contributed by atoms with E-state index < -0.39 is 9.73 Å². The molecule has 0 radical (unpaired) electrons. The topological polar surface area (TPSA) is 29.4 Å². The van der Waals surface area contributed by atoms with Gasteiger partial charge in [-0.2, -0.15) is 3.77 Å². The zero-order chi connectivity index (χ0) is 11.5. The van der Waals surface area contributed by atoms with Crippen LogP contribution in [0, 0.1) is 0 Å². The largest absolute Gasteiger partial charge is 0.244 e. The van der Waals surface area contributed by atoms with Gasteiger partial charge in [0.25, 0.3) is 0 Å². The summed E-state index contributed by atoms with van der Waals surface area (Å²) in [7, 11) is -2.26. The van der Waals surface area contributed by atoms with Crippen LogP contribution in [0.5, 0.6) is 0 Å². The zero-order valence-electron chi connectivity index (χ0n) is 9.56. The molecule has 1 rings (SSSR count). The monoisotopic (exact) mass is 243 g/mol. The maximum Gasteiger partial charge on any atom is 0.0832 e. The van der Waals surface area contributed by atoms with Crippen molar-refractivity contribution in [2.24, 2.45) is 3.77 Å². The summed E-state index contributed by atoms with van der Waals surface area (Å²) in [4.78, 5) is 0.793. The lowest BCUT2D eigenvalue weighted by molar-refractivity contribution is 0.681. The minimum Gasteiger partial charge on any atom is -0.244 e. The number of benzene rings is 1. The quantitative estimate of drug-likeness (QED) is 0.743. The van der Waals surface area contributed by atoms with Gasteiger partial charge in [-0.05, 0) is 44.9 Å². The average Bonchev–Trinajstić information content (AvgIpc) is 2.16. The number of hydrogen-bond acceptors (Lipinski definition) is 3. The van der Waals surface area contributed by atoms with Crippen LogP contribution >= 0.6 is 11.9 Å². The molecule has 4 heteroatoms. The standard InChI is InChI=1S/C11H17NOS2/c1-11(2,3)14-12-15(4,13)10-8-6-5-7-9-10/h5-9H,1-4H3. The average molecular weight is 243 g/mol. The third-order valence-electron chi connectivity index (χ3n) is 1.63. The summed E-state index contributed by atoms with van der Waals surface area (Å²) in [6, 6.07) is 9.39. The molecule has 0 aliphatic carbocycles. The van der Waals surface area contributed by atoms with Gasteiger partial charge in [0.1, 0.15) is 0 Å². The van der Waals surface area contributed by atoms with Crippen molar-refractivity contribution in [2.75, 3.05) is 6.26 Å². The van der Waals surface area contributed by atoms with Gasteiger partial charge in [0.15, 0.2) is 0 Å². The van der Waals surface area contributed by atoms with Crippen molar-refractivity contribution in [1.82, 2.24) is 0 Å². The van der Waals surface area contributed by atoms with Crippen molar-refractivity contribution in [1.29, 1.82) is 0 Å². The Hall–Kier alpha value is -0.480. The van der Waals surface area contributed by atoms with Gasteiger partial charge in [-0.15, -0.1) is 0 Å². The Kier molecular flexibility index (Phi) is 3.84. The van der Waals surface area contributed by atoms with E-state index in [0.29, 0.717) is 0 Å². The van der Waals surface area contributed by atoms with Crippen LogP contribution in [-0.2, 0) is 9.73 Å². The smallest absolute Gasteiger partial charge is 0.0832 e. The SMILES string of the molecule is CC(C)(C)SN=S(C)(=O)c1ccccc1. The van der Waals surface area contributed by atoms with Crippen LogP contribution in [0.25, 0.3) is 0 Å². The van der Waals surface area contributed by atoms with Crippen molar-refractivity contribution in [3.05, 3.63) is 30.3 Å². The molecule has 0 aliphatic rings. The molecule has 0 heterocycles. The predicted octanol–water partition coefficient (Wildman–Crippen LogP) is 3.59. The fourth-order valence-corrected chi connectivity index (χ4v) is 3.37. The van der Waals surface area contributed by atoms with Gasteiger partial charge in [0.05, 0.1) is 9.73 Å². The Morgan fingerprint density at radius 2 is 1.73 bits per heavy atom. The van der Waals surface area contributed by atoms with E-state index in [9.17, 15) is 4.21 Å². The van der Waals surface area contributed by atoms with Crippen LogP contribution in [-0.4, -0.2) is 15.2 Å². The number of nitrogens with zero attached hydrogens (tertiary/aromatic N) is 1. The molecule has 2 nitrogen and oxygen atoms in total. The van der Waals surface area contributed by atoms with Gasteiger partial charge in [-0.3, -0.25) is 0 Å². The highest BCUT2D eigenvalue weighted by Gasteiger charge is 2.13. The Morgan fingerprint density at radius 3 is 2.20 bits per heavy atom. The fraction of sp³-hybridized carbons (Fsp3) is 0.455. The molecule has 0 fully saturated rings. The van der Waals surface area contributed by atoms with Crippen molar-refractivity contribution in [3.63, 3.8) is 0 Å². The second-order valence-corrected chi connectivity index (χ2v) is 8.47. The lowest BCUT2D eigenvalue weighted by Crippen LogP contribution is -2.06. The van der Waals surface area contributed by atoms with Crippen LogP contribution < -0.4 is 0 Å². The molecule has 0 aliphatic heterocycles. The maximum atomic E-state index is 12.2. The van der Waals surface area contributed by atoms with Crippen molar-refractivity contribution < 1.29 is 4.21 Å². The highest BCUT2D eigenvalue weighted by molar-refractivity contribution is 8.07. The van der Waals surface area contributed by atoms with Crippen LogP contribution in [0.4, 0.5) is 0 Å². The van der Waals surface area contributed by atoms with E-state index in [1.165, 1.54) is 11.9 Å². The van der Waals surface area contributed by atoms with Crippen molar-refractivity contribution in [3.8, 4) is 0 Å². The minimum absolute atomic E-state index is 0.00739. The molecule has 1 unspecified atom stereocenters. The molecule has 1 aromatic carbocycles. The second-order valence-electron chi connectivity index (χ2n) is 4.39. The van der Waals surface area contributed by atoms with Crippen LogP contribution in [0.1, 0.15) is 20.8 Å². The minimum atomic E-state index is -2.26. The lowest BCUT2D eigenvalue weighted by atomic mass is 10.3. The molecule has 84 valence electrons. The van der Waals surface area contributed by atoms with Gasteiger partial charge in [-0.25, -0.2) is 4.21 Å². The maximum absolute atomic E-state index is 12.2. The highest BCUT2D eigenvalue weighted by Crippen LogP contribution is 2.27. The van der Waals surface area contributed by atoms with E-state index in [1.54, 1.807) is 6.26 Å². The summed E-state index contributed by atoms with van der Waals surface area (Å²) < 4.78 is 16.5. The molecule has 0 saturated heterocycles. The van der Waals surface area contributed by atoms with E-state index in [1.807, 2.05) is 30.3 Å². The van der Waals surface area contributed by atoms with E-state index in [0.717, 1.165) is 4.90 Å². The first-order valence-electron chi connectivity index (χ1n) is 4.76. The predicted molar refractivity (Wildman–Crippen MR) is 68.5 cm³/mol. The van der Waals surface area contributed by atoms with E-state index in [4.69, 9.17) is 0 Å². The summed E-state index contributed by atoms with van der Waals surface area (Å²) in [5.41, 5.74) is 0. The summed E-state index contributed by atoms with van der Waals surface area (Å²) in [6.45, 7) is 6.17. The second kappa shape index (κ2) is 4.58. The van der Waals surface area contributed by atoms with Crippen molar-refractivity contribution >= 4 is 21.7 Å². The van der Waals surface area contributed by atoms with Gasteiger partial charge in [-0.1, -0.05) is 18.2 Å². The summed E-state index contributed by atoms with van der Waals surface area (Å²) in [5.74, 6) is 0. The lowest BCUT2D eigenvalue weighted by Gasteiger charge is -2.14. The van der Waals surface area contributed by atoms with Crippen LogP contribution in [0.3, 0.4) is 0 Å². The highest BCUT2D eigenvalue weighted by atomic mass is 32.2. The molecule has 1 atom stereocenters. The van der Waals surface area contributed by atoms with Gasteiger partial charge in [0.2, 0.25) is 0 Å². The Balaban J connectivity index is 2.99. The van der Waals surface area contributed by atoms with Gasteiger partial charge < -0.3 is 0 Å². The molecule has 15 heavy (non-hydrogen) atoms.